The van der Waals surface area contributed by atoms with Gasteiger partial charge in [0.2, 0.25) is 5.91 Å². The van der Waals surface area contributed by atoms with E-state index in [9.17, 15) is 4.79 Å². The maximum atomic E-state index is 11.2. The largest absolute Gasteiger partial charge is 0.396 e. The molecule has 2 unspecified atom stereocenters. The maximum Gasteiger partial charge on any atom is 0.223 e. The van der Waals surface area contributed by atoms with E-state index >= 15 is 0 Å². The molecule has 0 fully saturated rings. The number of carbonyl (C=O) groups excluding carboxylic acids is 1. The van der Waals surface area contributed by atoms with Crippen LogP contribution in [-0.2, 0) is 4.79 Å². The Balaban J connectivity index is 3.61. The summed E-state index contributed by atoms with van der Waals surface area (Å²) in [5.41, 5.74) is 5.15. The minimum Gasteiger partial charge on any atom is -0.396 e. The van der Waals surface area contributed by atoms with E-state index in [1.54, 1.807) is 6.92 Å². The van der Waals surface area contributed by atoms with Gasteiger partial charge < -0.3 is 21.3 Å². The zero-order chi connectivity index (χ0) is 10.3. The fraction of sp³-hybridized carbons (Fsp3) is 0.875. The summed E-state index contributed by atoms with van der Waals surface area (Å²) in [5, 5.41) is 20.1. The van der Waals surface area contributed by atoms with Crippen LogP contribution in [0.4, 0.5) is 0 Å². The first kappa shape index (κ1) is 12.3. The number of amides is 1. The Kier molecular flexibility index (Phi) is 6.48. The van der Waals surface area contributed by atoms with Gasteiger partial charge in [0.1, 0.15) is 0 Å². The average Bonchev–Trinajstić information content (AvgIpc) is 2.13. The van der Waals surface area contributed by atoms with Crippen molar-refractivity contribution in [3.05, 3.63) is 0 Å². The minimum absolute atomic E-state index is 0.00592. The van der Waals surface area contributed by atoms with Crippen molar-refractivity contribution in [2.45, 2.75) is 19.4 Å². The van der Waals surface area contributed by atoms with Crippen LogP contribution in [0.1, 0.15) is 13.3 Å². The summed E-state index contributed by atoms with van der Waals surface area (Å²) < 4.78 is 0. The first-order valence-electron chi connectivity index (χ1n) is 4.38. The molecular formula is C8H18N2O3. The molecule has 5 heteroatoms. The van der Waals surface area contributed by atoms with Crippen molar-refractivity contribution < 1.29 is 15.0 Å². The highest BCUT2D eigenvalue weighted by Crippen LogP contribution is 1.99. The molecule has 13 heavy (non-hydrogen) atoms. The molecule has 78 valence electrons. The number of hydrogen-bond acceptors (Lipinski definition) is 4. The quantitative estimate of drug-likeness (QED) is 0.407. The van der Waals surface area contributed by atoms with Gasteiger partial charge in [-0.1, -0.05) is 6.92 Å². The van der Waals surface area contributed by atoms with Crippen LogP contribution in [0.5, 0.6) is 0 Å². The van der Waals surface area contributed by atoms with Crippen molar-refractivity contribution in [1.82, 2.24) is 5.32 Å². The van der Waals surface area contributed by atoms with Crippen LogP contribution in [0, 0.1) is 5.92 Å². The molecule has 0 radical (unpaired) electrons. The lowest BCUT2D eigenvalue weighted by molar-refractivity contribution is -0.125. The number of hydrogen-bond donors (Lipinski definition) is 4. The topological polar surface area (TPSA) is 95.6 Å². The van der Waals surface area contributed by atoms with Gasteiger partial charge in [-0.2, -0.15) is 0 Å². The van der Waals surface area contributed by atoms with E-state index < -0.39 is 6.10 Å². The Morgan fingerprint density at radius 2 is 2.23 bits per heavy atom. The Labute approximate surface area is 77.9 Å². The molecule has 2 atom stereocenters. The van der Waals surface area contributed by atoms with E-state index in [-0.39, 0.29) is 31.5 Å². The van der Waals surface area contributed by atoms with Gasteiger partial charge in [0, 0.05) is 25.6 Å². The zero-order valence-corrected chi connectivity index (χ0v) is 7.86. The summed E-state index contributed by atoms with van der Waals surface area (Å²) in [5.74, 6) is -0.392. The standard InChI is InChI=1S/C8H18N2O3/c1-6(2-3-11)8(13)10-5-7(12)4-9/h6-7,11-12H,2-5,9H2,1H3,(H,10,13). The molecule has 0 saturated carbocycles. The van der Waals surface area contributed by atoms with Crippen molar-refractivity contribution in [2.75, 3.05) is 19.7 Å². The highest BCUT2D eigenvalue weighted by atomic mass is 16.3. The Hall–Kier alpha value is -0.650. The van der Waals surface area contributed by atoms with Gasteiger partial charge in [0.25, 0.3) is 0 Å². The number of nitrogens with one attached hydrogen (secondary N) is 1. The van der Waals surface area contributed by atoms with Crippen molar-refractivity contribution in [2.24, 2.45) is 11.7 Å². The second kappa shape index (κ2) is 6.82. The van der Waals surface area contributed by atoms with Crippen molar-refractivity contribution in [1.29, 1.82) is 0 Å². The van der Waals surface area contributed by atoms with Gasteiger partial charge >= 0.3 is 0 Å². The van der Waals surface area contributed by atoms with Crippen LogP contribution in [0.25, 0.3) is 0 Å². The molecule has 0 aliphatic rings. The predicted octanol–water partition coefficient (Wildman–Crippen LogP) is -1.56. The fourth-order valence-corrected chi connectivity index (χ4v) is 0.801. The first-order chi connectivity index (χ1) is 6.11. The molecule has 5 N–H and O–H groups in total. The summed E-state index contributed by atoms with van der Waals surface area (Å²) in [4.78, 5) is 11.2. The number of nitrogens with two attached hydrogens (primary N) is 1. The third-order valence-corrected chi connectivity index (χ3v) is 1.79. The lowest BCUT2D eigenvalue weighted by Gasteiger charge is -2.13. The van der Waals surface area contributed by atoms with E-state index in [2.05, 4.69) is 5.32 Å². The third kappa shape index (κ3) is 5.57. The minimum atomic E-state index is -0.690. The highest BCUT2D eigenvalue weighted by Gasteiger charge is 2.12. The van der Waals surface area contributed by atoms with E-state index in [1.807, 2.05) is 0 Å². The number of aliphatic hydroxyl groups is 2. The molecule has 0 spiro atoms. The molecule has 1 amide bonds. The number of aliphatic hydroxyl groups excluding tert-OH is 2. The molecule has 0 aromatic rings. The molecule has 0 aromatic carbocycles. The SMILES string of the molecule is CC(CCO)C(=O)NCC(O)CN. The molecule has 0 rings (SSSR count). The number of rotatable bonds is 6. The maximum absolute atomic E-state index is 11.2. The van der Waals surface area contributed by atoms with E-state index in [0.717, 1.165) is 0 Å². The van der Waals surface area contributed by atoms with Crippen LogP contribution in [0.15, 0.2) is 0 Å². The second-order valence-corrected chi connectivity index (χ2v) is 3.05. The van der Waals surface area contributed by atoms with Gasteiger partial charge in [-0.3, -0.25) is 4.79 Å². The second-order valence-electron chi connectivity index (χ2n) is 3.05. The molecule has 0 aliphatic carbocycles. The van der Waals surface area contributed by atoms with Crippen LogP contribution in [0.3, 0.4) is 0 Å². The lowest BCUT2D eigenvalue weighted by atomic mass is 10.1. The van der Waals surface area contributed by atoms with Gasteiger partial charge in [-0.05, 0) is 6.42 Å². The summed E-state index contributed by atoms with van der Waals surface area (Å²) in [6.07, 6.45) is -0.254. The molecule has 0 aromatic heterocycles. The summed E-state index contributed by atoms with van der Waals surface area (Å²) in [7, 11) is 0. The lowest BCUT2D eigenvalue weighted by Crippen LogP contribution is -2.38. The van der Waals surface area contributed by atoms with Crippen LogP contribution in [0.2, 0.25) is 0 Å². The van der Waals surface area contributed by atoms with Crippen LogP contribution < -0.4 is 11.1 Å². The molecule has 0 saturated heterocycles. The van der Waals surface area contributed by atoms with Gasteiger partial charge in [0.15, 0.2) is 0 Å². The molecular weight excluding hydrogens is 172 g/mol. The predicted molar refractivity (Wildman–Crippen MR) is 48.9 cm³/mol. The monoisotopic (exact) mass is 190 g/mol. The van der Waals surface area contributed by atoms with Crippen molar-refractivity contribution in [3.63, 3.8) is 0 Å². The summed E-state index contributed by atoms with van der Waals surface area (Å²) in [6, 6.07) is 0. The molecule has 0 bridgehead atoms. The van der Waals surface area contributed by atoms with E-state index in [4.69, 9.17) is 15.9 Å². The van der Waals surface area contributed by atoms with Gasteiger partial charge in [-0.15, -0.1) is 0 Å². The van der Waals surface area contributed by atoms with Crippen molar-refractivity contribution in [3.8, 4) is 0 Å². The van der Waals surface area contributed by atoms with Gasteiger partial charge in [0.05, 0.1) is 6.10 Å². The first-order valence-corrected chi connectivity index (χ1v) is 4.38. The third-order valence-electron chi connectivity index (χ3n) is 1.79. The van der Waals surface area contributed by atoms with Crippen molar-refractivity contribution >= 4 is 5.91 Å². The van der Waals surface area contributed by atoms with Crippen LogP contribution in [-0.4, -0.2) is 41.9 Å². The Bertz CT molecular complexity index is 152. The fourth-order valence-electron chi connectivity index (χ4n) is 0.801. The molecule has 5 nitrogen and oxygen atoms in total. The van der Waals surface area contributed by atoms with E-state index in [1.165, 1.54) is 0 Å². The van der Waals surface area contributed by atoms with Gasteiger partial charge in [-0.25, -0.2) is 0 Å². The Morgan fingerprint density at radius 1 is 1.62 bits per heavy atom. The zero-order valence-electron chi connectivity index (χ0n) is 7.86. The summed E-state index contributed by atoms with van der Waals surface area (Å²) in [6.45, 7) is 2.02. The van der Waals surface area contributed by atoms with E-state index in [0.29, 0.717) is 6.42 Å². The Morgan fingerprint density at radius 3 is 2.69 bits per heavy atom. The highest BCUT2D eigenvalue weighted by molar-refractivity contribution is 5.78. The summed E-state index contributed by atoms with van der Waals surface area (Å²) >= 11 is 0. The molecule has 0 aliphatic heterocycles. The average molecular weight is 190 g/mol. The molecule has 0 heterocycles. The number of carbonyl (C=O) groups is 1. The van der Waals surface area contributed by atoms with Crippen LogP contribution >= 0.6 is 0 Å². The normalized spacial score (nSPS) is 15.1. The smallest absolute Gasteiger partial charge is 0.223 e.